The van der Waals surface area contributed by atoms with Crippen molar-refractivity contribution in [3.05, 3.63) is 64.3 Å². The van der Waals surface area contributed by atoms with Crippen molar-refractivity contribution in [3.8, 4) is 0 Å². The second-order valence-corrected chi connectivity index (χ2v) is 11.5. The first kappa shape index (κ1) is 26.0. The number of hydrogen-bond donors (Lipinski definition) is 1. The van der Waals surface area contributed by atoms with Gasteiger partial charge < -0.3 is 9.52 Å². The molecule has 3 heterocycles. The second kappa shape index (κ2) is 9.13. The Morgan fingerprint density at radius 3 is 2.54 bits per heavy atom. The number of imide groups is 2. The van der Waals surface area contributed by atoms with Crippen molar-refractivity contribution in [1.82, 2.24) is 4.90 Å². The third-order valence-electron chi connectivity index (χ3n) is 9.10. The Balaban J connectivity index is 1.50. The number of anilines is 1. The van der Waals surface area contributed by atoms with Gasteiger partial charge in [-0.05, 0) is 62.4 Å². The van der Waals surface area contributed by atoms with Crippen LogP contribution in [-0.2, 0) is 25.8 Å². The standard InChI is InChI=1S/C29H28ClFN2O6/c1-3-10-32-25(35)17-7-6-16-18(23(17)27(32)37)12-19-26(36)33(14-4-8-21(31)20(30)11-14)28(38)29(19,2)24(16)22-9-5-15(13-34)39-22/h4-6,8-9,11,17-19,23-24,34H,3,7,10,12-13H2,1-2H3/t17-,18+,19-,23-,24+,29+/m0/s1. The number of allylic oxidation sites excluding steroid dienone is 2. The molecule has 39 heavy (non-hydrogen) atoms. The Morgan fingerprint density at radius 2 is 1.87 bits per heavy atom. The van der Waals surface area contributed by atoms with E-state index in [9.17, 15) is 28.7 Å². The molecular formula is C29H28ClFN2O6. The lowest BCUT2D eigenvalue weighted by atomic mass is 9.52. The summed E-state index contributed by atoms with van der Waals surface area (Å²) in [5.41, 5.74) is -0.322. The number of carbonyl (C=O) groups excluding carboxylic acids is 4. The van der Waals surface area contributed by atoms with Gasteiger partial charge in [-0.3, -0.25) is 24.1 Å². The number of fused-ring (bicyclic) bond motifs is 4. The number of likely N-dealkylation sites (tertiary alicyclic amines) is 1. The molecule has 4 amide bonds. The quantitative estimate of drug-likeness (QED) is 0.438. The third-order valence-corrected chi connectivity index (χ3v) is 9.39. The van der Waals surface area contributed by atoms with Gasteiger partial charge in [0.05, 0.1) is 39.8 Å². The first-order chi connectivity index (χ1) is 18.6. The Hall–Kier alpha value is -3.30. The molecule has 6 atom stereocenters. The maximum Gasteiger partial charge on any atom is 0.241 e. The van der Waals surface area contributed by atoms with Crippen LogP contribution in [0.4, 0.5) is 10.1 Å². The summed E-state index contributed by atoms with van der Waals surface area (Å²) in [7, 11) is 0. The number of carbonyl (C=O) groups is 4. The molecule has 4 aliphatic rings. The maximum absolute atomic E-state index is 14.2. The zero-order valence-electron chi connectivity index (χ0n) is 21.5. The van der Waals surface area contributed by atoms with Crippen LogP contribution in [-0.4, -0.2) is 40.2 Å². The van der Waals surface area contributed by atoms with Crippen molar-refractivity contribution in [3.63, 3.8) is 0 Å². The molecule has 2 aliphatic carbocycles. The molecule has 1 aromatic carbocycles. The minimum atomic E-state index is -1.29. The normalized spacial score (nSPS) is 31.9. The van der Waals surface area contributed by atoms with Crippen molar-refractivity contribution >= 4 is 40.9 Å². The second-order valence-electron chi connectivity index (χ2n) is 11.1. The summed E-state index contributed by atoms with van der Waals surface area (Å²) in [4.78, 5) is 57.3. The Bertz CT molecular complexity index is 1450. The van der Waals surface area contributed by atoms with E-state index in [0.717, 1.165) is 16.5 Å². The minimum absolute atomic E-state index is 0.164. The Kier molecular flexibility index (Phi) is 6.07. The molecule has 3 fully saturated rings. The van der Waals surface area contributed by atoms with Crippen molar-refractivity contribution in [2.24, 2.45) is 29.1 Å². The summed E-state index contributed by atoms with van der Waals surface area (Å²) in [6.45, 7) is 3.63. The third kappa shape index (κ3) is 3.52. The van der Waals surface area contributed by atoms with E-state index >= 15 is 0 Å². The molecule has 0 radical (unpaired) electrons. The summed E-state index contributed by atoms with van der Waals surface area (Å²) in [6, 6.07) is 7.01. The molecule has 1 N–H and O–H groups in total. The molecule has 2 saturated heterocycles. The van der Waals surface area contributed by atoms with Crippen LogP contribution >= 0.6 is 11.6 Å². The number of furan rings is 1. The van der Waals surface area contributed by atoms with E-state index in [2.05, 4.69) is 0 Å². The van der Waals surface area contributed by atoms with Crippen LogP contribution in [0.1, 0.15) is 50.5 Å². The van der Waals surface area contributed by atoms with Crippen LogP contribution in [0.5, 0.6) is 0 Å². The number of rotatable bonds is 5. The molecule has 6 rings (SSSR count). The van der Waals surface area contributed by atoms with Crippen molar-refractivity contribution in [1.29, 1.82) is 0 Å². The largest absolute Gasteiger partial charge is 0.463 e. The number of aliphatic hydroxyl groups excluding tert-OH is 1. The number of nitrogens with zero attached hydrogens (tertiary/aromatic N) is 2. The molecule has 0 bridgehead atoms. The molecule has 0 unspecified atom stereocenters. The van der Waals surface area contributed by atoms with Gasteiger partial charge in [-0.15, -0.1) is 0 Å². The Labute approximate surface area is 229 Å². The highest BCUT2D eigenvalue weighted by Crippen LogP contribution is 2.63. The monoisotopic (exact) mass is 554 g/mol. The minimum Gasteiger partial charge on any atom is -0.463 e. The van der Waals surface area contributed by atoms with Crippen LogP contribution in [0.25, 0.3) is 0 Å². The summed E-state index contributed by atoms with van der Waals surface area (Å²) in [6.07, 6.45) is 3.15. The van der Waals surface area contributed by atoms with Crippen LogP contribution in [0.15, 0.2) is 46.4 Å². The fourth-order valence-electron chi connectivity index (χ4n) is 7.33. The summed E-state index contributed by atoms with van der Waals surface area (Å²) < 4.78 is 19.9. The van der Waals surface area contributed by atoms with Crippen molar-refractivity contribution in [2.45, 2.75) is 45.6 Å². The zero-order chi connectivity index (χ0) is 27.8. The van der Waals surface area contributed by atoms with Crippen LogP contribution in [0.3, 0.4) is 0 Å². The van der Waals surface area contributed by atoms with E-state index in [-0.39, 0.29) is 35.6 Å². The van der Waals surface area contributed by atoms with E-state index < -0.39 is 52.6 Å². The highest BCUT2D eigenvalue weighted by atomic mass is 35.5. The lowest BCUT2D eigenvalue weighted by molar-refractivity contribution is -0.140. The molecule has 0 spiro atoms. The molecule has 8 nitrogen and oxygen atoms in total. The lowest BCUT2D eigenvalue weighted by Crippen LogP contribution is -2.48. The molecule has 1 saturated carbocycles. The van der Waals surface area contributed by atoms with Gasteiger partial charge in [0.25, 0.3) is 0 Å². The van der Waals surface area contributed by atoms with Crippen molar-refractivity contribution < 1.29 is 33.1 Å². The predicted octanol–water partition coefficient (Wildman–Crippen LogP) is 4.21. The van der Waals surface area contributed by atoms with Crippen LogP contribution in [0, 0.1) is 34.9 Å². The lowest BCUT2D eigenvalue weighted by Gasteiger charge is -2.48. The molecule has 2 aliphatic heterocycles. The first-order valence-corrected chi connectivity index (χ1v) is 13.6. The molecule has 1 aromatic heterocycles. The number of aliphatic hydroxyl groups is 1. The van der Waals surface area contributed by atoms with Gasteiger partial charge >= 0.3 is 0 Å². The maximum atomic E-state index is 14.2. The number of benzene rings is 1. The number of amides is 4. The van der Waals surface area contributed by atoms with Crippen LogP contribution < -0.4 is 4.90 Å². The van der Waals surface area contributed by atoms with Crippen molar-refractivity contribution in [2.75, 3.05) is 11.4 Å². The van der Waals surface area contributed by atoms with Crippen LogP contribution in [0.2, 0.25) is 5.02 Å². The van der Waals surface area contributed by atoms with Gasteiger partial charge in [0.15, 0.2) is 0 Å². The van der Waals surface area contributed by atoms with E-state index in [1.165, 1.54) is 17.0 Å². The SMILES string of the molecule is CCCN1C(=O)[C@H]2[C@H](CC=C3[C@H]2C[C@H]2C(=O)N(c4ccc(F)c(Cl)c4)C(=O)[C@@]2(C)[C@H]3c2ccc(CO)o2)C1=O. The zero-order valence-corrected chi connectivity index (χ0v) is 22.3. The summed E-state index contributed by atoms with van der Waals surface area (Å²) in [5.74, 6) is -4.44. The molecule has 204 valence electrons. The highest BCUT2D eigenvalue weighted by molar-refractivity contribution is 6.31. The fraction of sp³-hybridized carbons (Fsp3) is 0.448. The molecule has 2 aromatic rings. The average molecular weight is 555 g/mol. The number of halogens is 2. The Morgan fingerprint density at radius 1 is 1.10 bits per heavy atom. The summed E-state index contributed by atoms with van der Waals surface area (Å²) >= 11 is 6.00. The number of hydrogen-bond acceptors (Lipinski definition) is 6. The molecule has 10 heteroatoms. The highest BCUT2D eigenvalue weighted by Gasteiger charge is 2.68. The van der Waals surface area contributed by atoms with Gasteiger partial charge in [0.2, 0.25) is 23.6 Å². The van der Waals surface area contributed by atoms with Gasteiger partial charge in [0, 0.05) is 6.54 Å². The first-order valence-electron chi connectivity index (χ1n) is 13.2. The van der Waals surface area contributed by atoms with E-state index in [4.69, 9.17) is 16.0 Å². The molecular weight excluding hydrogens is 527 g/mol. The average Bonchev–Trinajstić information content (AvgIpc) is 3.54. The van der Waals surface area contributed by atoms with E-state index in [1.54, 1.807) is 19.1 Å². The van der Waals surface area contributed by atoms with Gasteiger partial charge in [-0.2, -0.15) is 0 Å². The van der Waals surface area contributed by atoms with Gasteiger partial charge in [-0.1, -0.05) is 30.2 Å². The van der Waals surface area contributed by atoms with Gasteiger partial charge in [-0.25, -0.2) is 9.29 Å². The smallest absolute Gasteiger partial charge is 0.241 e. The summed E-state index contributed by atoms with van der Waals surface area (Å²) in [5, 5.41) is 9.45. The van der Waals surface area contributed by atoms with E-state index in [0.29, 0.717) is 30.9 Å². The fourth-order valence-corrected chi connectivity index (χ4v) is 7.51. The predicted molar refractivity (Wildman–Crippen MR) is 138 cm³/mol. The topological polar surface area (TPSA) is 108 Å². The van der Waals surface area contributed by atoms with Gasteiger partial charge in [0.1, 0.15) is 23.9 Å². The van der Waals surface area contributed by atoms with E-state index in [1.807, 2.05) is 13.0 Å².